The summed E-state index contributed by atoms with van der Waals surface area (Å²) in [6, 6.07) is 13.5. The molecule has 0 atom stereocenters. The van der Waals surface area contributed by atoms with Gasteiger partial charge >= 0.3 is 0 Å². The van der Waals surface area contributed by atoms with E-state index in [4.69, 9.17) is 20.4 Å². The van der Waals surface area contributed by atoms with Crippen LogP contribution < -0.4 is 0 Å². The molecule has 2 aromatic carbocycles. The Morgan fingerprint density at radius 3 is 1.19 bits per heavy atom. The fraction of sp³-hybridized carbons (Fsp3) is 0.364. The molecule has 0 bridgehead atoms. The predicted molar refractivity (Wildman–Crippen MR) is 117 cm³/mol. The summed E-state index contributed by atoms with van der Waals surface area (Å²) in [6.45, 7) is 2.29. The summed E-state index contributed by atoms with van der Waals surface area (Å²) in [6.07, 6.45) is 2.89. The van der Waals surface area contributed by atoms with Gasteiger partial charge in [0.15, 0.2) is 0 Å². The molecule has 0 spiro atoms. The first-order valence-corrected chi connectivity index (χ1v) is 9.32. The Kier molecular flexibility index (Phi) is 12.9. The van der Waals surface area contributed by atoms with E-state index in [9.17, 15) is 10.2 Å². The number of para-hydroxylation sites is 2. The van der Waals surface area contributed by atoms with E-state index < -0.39 is 11.1 Å². The van der Waals surface area contributed by atoms with Crippen molar-refractivity contribution in [3.05, 3.63) is 59.7 Å². The average Bonchev–Trinajstić information content (AvgIpc) is 2.78. The van der Waals surface area contributed by atoms with E-state index in [0.717, 1.165) is 0 Å². The number of aliphatic imine (C=N–C) groups is 2. The van der Waals surface area contributed by atoms with Gasteiger partial charge < -0.3 is 30.6 Å². The second kappa shape index (κ2) is 13.9. The number of nitrogens with zero attached hydrogens (tertiary/aromatic N) is 2. The van der Waals surface area contributed by atoms with Crippen molar-refractivity contribution in [1.82, 2.24) is 0 Å². The Morgan fingerprint density at radius 2 is 0.935 bits per heavy atom. The quantitative estimate of drug-likeness (QED) is 0.248. The molecule has 0 fully saturated rings. The van der Waals surface area contributed by atoms with Crippen molar-refractivity contribution in [2.24, 2.45) is 9.98 Å². The van der Waals surface area contributed by atoms with Gasteiger partial charge in [0, 0.05) is 40.0 Å². The van der Waals surface area contributed by atoms with Crippen molar-refractivity contribution in [2.45, 2.75) is 24.9 Å². The number of hydrogen-bond acceptors (Lipinski definition) is 8. The predicted octanol–water partition coefficient (Wildman–Crippen LogP) is 1.11. The third kappa shape index (κ3) is 9.59. The van der Waals surface area contributed by atoms with Crippen LogP contribution >= 0.6 is 0 Å². The van der Waals surface area contributed by atoms with E-state index in [-0.39, 0.29) is 54.4 Å². The number of hydrogen-bond donors (Lipinski definition) is 6. The topological polar surface area (TPSA) is 146 Å². The first kappa shape index (κ1) is 28.7. The monoisotopic (exact) mass is 476 g/mol. The summed E-state index contributed by atoms with van der Waals surface area (Å²) in [7, 11) is 0. The maximum Gasteiger partial charge on any atom is 0.124 e. The average molecular weight is 477 g/mol. The second-order valence-electron chi connectivity index (χ2n) is 7.26. The number of aliphatic hydroxyl groups is 4. The largest absolute Gasteiger partial charge is 0.507 e. The molecule has 0 saturated carbocycles. The summed E-state index contributed by atoms with van der Waals surface area (Å²) >= 11 is 0. The second-order valence-corrected chi connectivity index (χ2v) is 7.26. The maximum absolute atomic E-state index is 9.44. The summed E-state index contributed by atoms with van der Waals surface area (Å²) in [4.78, 5) is 8.08. The van der Waals surface area contributed by atoms with Gasteiger partial charge in [0.2, 0.25) is 0 Å². The van der Waals surface area contributed by atoms with Crippen molar-refractivity contribution in [1.29, 1.82) is 0 Å². The molecule has 31 heavy (non-hydrogen) atoms. The Balaban J connectivity index is 0.000000562. The molecule has 0 radical (unpaired) electrons. The fourth-order valence-electron chi connectivity index (χ4n) is 1.91. The third-order valence-electron chi connectivity index (χ3n) is 4.27. The molecule has 0 heterocycles. The first-order valence-electron chi connectivity index (χ1n) is 9.32. The van der Waals surface area contributed by atoms with Crippen LogP contribution in [0.3, 0.4) is 0 Å². The van der Waals surface area contributed by atoms with Crippen molar-refractivity contribution >= 4 is 12.4 Å². The van der Waals surface area contributed by atoms with Crippen LogP contribution in [0, 0.1) is 0 Å². The molecule has 0 aliphatic heterocycles. The summed E-state index contributed by atoms with van der Waals surface area (Å²) in [5, 5.41) is 54.9. The number of phenolic OH excluding ortho intramolecular Hbond substituents is 2. The zero-order valence-electron chi connectivity index (χ0n) is 17.5. The van der Waals surface area contributed by atoms with E-state index in [1.54, 1.807) is 62.4 Å². The number of benzene rings is 2. The zero-order chi connectivity index (χ0) is 22.6. The molecule has 0 aliphatic carbocycles. The van der Waals surface area contributed by atoms with Gasteiger partial charge in [-0.15, -0.1) is 0 Å². The van der Waals surface area contributed by atoms with Crippen LogP contribution in [-0.2, 0) is 16.5 Å². The zero-order valence-corrected chi connectivity index (χ0v) is 18.5. The molecule has 0 aliphatic rings. The maximum atomic E-state index is 9.44. The van der Waals surface area contributed by atoms with Crippen LogP contribution in [0.5, 0.6) is 11.5 Å². The molecule has 2 aromatic rings. The summed E-state index contributed by atoms with van der Waals surface area (Å²) in [5.41, 5.74) is -0.680. The normalized spacial score (nSPS) is 11.8. The van der Waals surface area contributed by atoms with Crippen molar-refractivity contribution in [3.63, 3.8) is 0 Å². The van der Waals surface area contributed by atoms with Crippen LogP contribution in [0.25, 0.3) is 0 Å². The Morgan fingerprint density at radius 1 is 0.645 bits per heavy atom. The Labute approximate surface area is 192 Å². The molecule has 0 amide bonds. The van der Waals surface area contributed by atoms with Crippen LogP contribution in [-0.4, -0.2) is 80.6 Å². The van der Waals surface area contributed by atoms with Crippen molar-refractivity contribution in [2.75, 3.05) is 26.4 Å². The minimum absolute atomic E-state index is 0. The van der Waals surface area contributed by atoms with Crippen LogP contribution in [0.15, 0.2) is 58.5 Å². The van der Waals surface area contributed by atoms with Gasteiger partial charge in [0.05, 0.1) is 26.4 Å². The molecule has 8 nitrogen and oxygen atoms in total. The molecular weight excluding hydrogens is 447 g/mol. The van der Waals surface area contributed by atoms with Crippen molar-refractivity contribution < 1.29 is 47.1 Å². The molecular formula is C22H30N2NiO6. The van der Waals surface area contributed by atoms with Gasteiger partial charge in [0.25, 0.3) is 0 Å². The Hall–Kier alpha value is -2.29. The molecule has 174 valence electrons. The third-order valence-corrected chi connectivity index (χ3v) is 4.27. The molecule has 9 heteroatoms. The minimum Gasteiger partial charge on any atom is -0.507 e. The van der Waals surface area contributed by atoms with Crippen LogP contribution in [0.2, 0.25) is 0 Å². The van der Waals surface area contributed by atoms with Gasteiger partial charge in [-0.25, -0.2) is 0 Å². The number of rotatable bonds is 8. The van der Waals surface area contributed by atoms with Gasteiger partial charge in [-0.3, -0.25) is 9.98 Å². The number of aromatic hydroxyl groups is 2. The molecule has 2 rings (SSSR count). The van der Waals surface area contributed by atoms with E-state index in [1.165, 1.54) is 12.4 Å². The van der Waals surface area contributed by atoms with Gasteiger partial charge in [-0.1, -0.05) is 24.3 Å². The molecule has 0 saturated heterocycles. The van der Waals surface area contributed by atoms with E-state index in [2.05, 4.69) is 9.98 Å². The first-order chi connectivity index (χ1) is 14.2. The minimum atomic E-state index is -0.901. The molecule has 0 unspecified atom stereocenters. The molecule has 0 aromatic heterocycles. The number of aliphatic hydroxyl groups excluding tert-OH is 4. The van der Waals surface area contributed by atoms with Crippen molar-refractivity contribution in [3.8, 4) is 11.5 Å². The van der Waals surface area contributed by atoms with E-state index >= 15 is 0 Å². The van der Waals surface area contributed by atoms with Crippen LogP contribution in [0.4, 0.5) is 0 Å². The number of phenols is 2. The standard InChI is InChI=1S/2C11H15NO3.Ni/c2*1-11(7-13,8-14)12-6-9-4-2-3-5-10(9)15;/h2*2-6,13-15H,7-8H2,1H3;. The fourth-order valence-corrected chi connectivity index (χ4v) is 1.91. The van der Waals surface area contributed by atoms with E-state index in [0.29, 0.717) is 11.1 Å². The SMILES string of the molecule is CC(CO)(CO)N=Cc1ccccc1O.CC(CO)(CO)N=Cc1ccccc1O.[Ni]. The summed E-state index contributed by atoms with van der Waals surface area (Å²) in [5.74, 6) is 0.249. The smallest absolute Gasteiger partial charge is 0.124 e. The Bertz CT molecular complexity index is 767. The van der Waals surface area contributed by atoms with Gasteiger partial charge in [-0.2, -0.15) is 0 Å². The molecule has 6 N–H and O–H groups in total. The van der Waals surface area contributed by atoms with E-state index in [1.807, 2.05) is 0 Å². The van der Waals surface area contributed by atoms with Gasteiger partial charge in [0.1, 0.15) is 22.6 Å². The van der Waals surface area contributed by atoms with Crippen LogP contribution in [0.1, 0.15) is 25.0 Å². The summed E-state index contributed by atoms with van der Waals surface area (Å²) < 4.78 is 0. The van der Waals surface area contributed by atoms with Gasteiger partial charge in [-0.05, 0) is 38.1 Å².